The minimum atomic E-state index is -0.981. The molecule has 4 rings (SSSR count). The maximum absolute atomic E-state index is 12.6. The Morgan fingerprint density at radius 2 is 1.66 bits per heavy atom. The Morgan fingerprint density at radius 3 is 2.23 bits per heavy atom. The molecular weight excluding hydrogens is 448 g/mol. The molecule has 3 atom stereocenters. The molecule has 2 unspecified atom stereocenters. The number of hydrogen-bond donors (Lipinski definition) is 3. The smallest absolute Gasteiger partial charge is 0.407 e. The number of aliphatic carboxylic acids is 1. The van der Waals surface area contributed by atoms with Crippen molar-refractivity contribution in [1.82, 2.24) is 10.6 Å². The number of alkyl carbamates (subject to hydrolysis) is 1. The van der Waals surface area contributed by atoms with Gasteiger partial charge in [-0.15, -0.1) is 0 Å². The standard InChI is InChI=1S/C27H32N2O6/c1-16(2)23(13-25(30)28-14-17-11-12-24(35-17)26(31)32)29-27(33)34-15-22-20-9-5-3-7-18(20)19-8-4-6-10-21(19)22/h3-10,16-17,22-24H,11-15H2,1-2H3,(H,28,30)(H,29,33)(H,31,32)/t17?,23-,24?/m0/s1. The molecule has 1 fully saturated rings. The number of fused-ring (bicyclic) bond motifs is 3. The molecule has 2 aliphatic rings. The monoisotopic (exact) mass is 480 g/mol. The summed E-state index contributed by atoms with van der Waals surface area (Å²) in [5, 5.41) is 14.6. The van der Waals surface area contributed by atoms with Crippen molar-refractivity contribution in [3.63, 3.8) is 0 Å². The highest BCUT2D eigenvalue weighted by Gasteiger charge is 2.31. The first-order chi connectivity index (χ1) is 16.8. The fourth-order valence-electron chi connectivity index (χ4n) is 4.78. The van der Waals surface area contributed by atoms with E-state index in [1.165, 1.54) is 0 Å². The predicted octanol–water partition coefficient (Wildman–Crippen LogP) is 3.69. The van der Waals surface area contributed by atoms with Gasteiger partial charge < -0.3 is 25.2 Å². The number of nitrogens with one attached hydrogen (secondary N) is 2. The van der Waals surface area contributed by atoms with E-state index in [0.717, 1.165) is 22.3 Å². The predicted molar refractivity (Wildman–Crippen MR) is 130 cm³/mol. The van der Waals surface area contributed by atoms with E-state index >= 15 is 0 Å². The minimum absolute atomic E-state index is 0.0142. The summed E-state index contributed by atoms with van der Waals surface area (Å²) in [5.74, 6) is -1.23. The average molecular weight is 481 g/mol. The van der Waals surface area contributed by atoms with Gasteiger partial charge in [-0.2, -0.15) is 0 Å². The van der Waals surface area contributed by atoms with Gasteiger partial charge in [0.15, 0.2) is 6.10 Å². The van der Waals surface area contributed by atoms with Crippen molar-refractivity contribution in [1.29, 1.82) is 0 Å². The van der Waals surface area contributed by atoms with Gasteiger partial charge in [0.1, 0.15) is 6.61 Å². The van der Waals surface area contributed by atoms with Crippen molar-refractivity contribution in [3.05, 3.63) is 59.7 Å². The SMILES string of the molecule is CC(C)[C@H](CC(=O)NCC1CCC(C(=O)O)O1)NC(=O)OCC1c2ccccc2-c2ccccc21. The molecule has 1 heterocycles. The van der Waals surface area contributed by atoms with Gasteiger partial charge in [-0.3, -0.25) is 4.79 Å². The maximum atomic E-state index is 12.6. The highest BCUT2D eigenvalue weighted by atomic mass is 16.5. The second-order valence-electron chi connectivity index (χ2n) is 9.49. The van der Waals surface area contributed by atoms with Gasteiger partial charge in [0.2, 0.25) is 5.91 Å². The fraction of sp³-hybridized carbons (Fsp3) is 0.444. The van der Waals surface area contributed by atoms with Crippen LogP contribution >= 0.6 is 0 Å². The van der Waals surface area contributed by atoms with E-state index in [1.807, 2.05) is 38.1 Å². The van der Waals surface area contributed by atoms with E-state index in [0.29, 0.717) is 12.8 Å². The van der Waals surface area contributed by atoms with Gasteiger partial charge in [-0.1, -0.05) is 62.4 Å². The number of ether oxygens (including phenoxy) is 2. The van der Waals surface area contributed by atoms with Crippen molar-refractivity contribution in [2.45, 2.75) is 57.3 Å². The first-order valence-corrected chi connectivity index (χ1v) is 12.1. The molecule has 1 aliphatic heterocycles. The third-order valence-electron chi connectivity index (χ3n) is 6.77. The van der Waals surface area contributed by atoms with E-state index in [9.17, 15) is 14.4 Å². The Hall–Kier alpha value is -3.39. The fourth-order valence-corrected chi connectivity index (χ4v) is 4.78. The summed E-state index contributed by atoms with van der Waals surface area (Å²) < 4.78 is 11.0. The van der Waals surface area contributed by atoms with Gasteiger partial charge in [0.25, 0.3) is 0 Å². The van der Waals surface area contributed by atoms with Crippen LogP contribution in [0.4, 0.5) is 4.79 Å². The van der Waals surface area contributed by atoms with Crippen LogP contribution in [0, 0.1) is 5.92 Å². The zero-order valence-electron chi connectivity index (χ0n) is 20.0. The summed E-state index contributed by atoms with van der Waals surface area (Å²) in [6.45, 7) is 4.32. The Morgan fingerprint density at radius 1 is 1.03 bits per heavy atom. The number of rotatable bonds is 9. The van der Waals surface area contributed by atoms with Crippen LogP contribution in [0.3, 0.4) is 0 Å². The summed E-state index contributed by atoms with van der Waals surface area (Å²) >= 11 is 0. The van der Waals surface area contributed by atoms with Crippen molar-refractivity contribution in [3.8, 4) is 11.1 Å². The molecule has 1 aliphatic carbocycles. The van der Waals surface area contributed by atoms with Crippen molar-refractivity contribution in [2.75, 3.05) is 13.2 Å². The van der Waals surface area contributed by atoms with E-state index in [-0.39, 0.29) is 43.4 Å². The zero-order chi connectivity index (χ0) is 24.9. The molecule has 8 nitrogen and oxygen atoms in total. The molecule has 8 heteroatoms. The topological polar surface area (TPSA) is 114 Å². The van der Waals surface area contributed by atoms with Gasteiger partial charge >= 0.3 is 12.1 Å². The van der Waals surface area contributed by atoms with Crippen LogP contribution in [0.5, 0.6) is 0 Å². The summed E-state index contributed by atoms with van der Waals surface area (Å²) in [6.07, 6.45) is -0.557. The Bertz CT molecular complexity index is 1040. The second kappa shape index (κ2) is 10.9. The molecule has 0 spiro atoms. The summed E-state index contributed by atoms with van der Waals surface area (Å²) in [6, 6.07) is 15.9. The number of benzene rings is 2. The lowest BCUT2D eigenvalue weighted by atomic mass is 9.98. The summed E-state index contributed by atoms with van der Waals surface area (Å²) in [4.78, 5) is 36.1. The molecule has 0 radical (unpaired) electrons. The van der Waals surface area contributed by atoms with Crippen molar-refractivity contribution < 1.29 is 29.0 Å². The summed E-state index contributed by atoms with van der Waals surface area (Å²) in [5.41, 5.74) is 4.60. The Kier molecular flexibility index (Phi) is 7.70. The second-order valence-corrected chi connectivity index (χ2v) is 9.49. The van der Waals surface area contributed by atoms with Crippen LogP contribution in [0.15, 0.2) is 48.5 Å². The molecule has 0 bridgehead atoms. The molecule has 0 saturated carbocycles. The van der Waals surface area contributed by atoms with Gasteiger partial charge in [0, 0.05) is 24.9 Å². The van der Waals surface area contributed by atoms with E-state index in [1.54, 1.807) is 0 Å². The number of carboxylic acid groups (broad SMARTS) is 1. The lowest BCUT2D eigenvalue weighted by Gasteiger charge is -2.23. The van der Waals surface area contributed by atoms with E-state index < -0.39 is 24.2 Å². The number of amides is 2. The molecule has 35 heavy (non-hydrogen) atoms. The van der Waals surface area contributed by atoms with Crippen LogP contribution in [0.1, 0.15) is 50.2 Å². The van der Waals surface area contributed by atoms with E-state index in [4.69, 9.17) is 14.6 Å². The van der Waals surface area contributed by atoms with E-state index in [2.05, 4.69) is 34.9 Å². The quantitative estimate of drug-likeness (QED) is 0.504. The van der Waals surface area contributed by atoms with Crippen LogP contribution in [0.25, 0.3) is 11.1 Å². The lowest BCUT2D eigenvalue weighted by molar-refractivity contribution is -0.149. The number of carbonyl (C=O) groups excluding carboxylic acids is 2. The van der Waals surface area contributed by atoms with Gasteiger partial charge in [0.05, 0.1) is 6.10 Å². The number of carboxylic acids is 1. The molecule has 2 amide bonds. The lowest BCUT2D eigenvalue weighted by Crippen LogP contribution is -2.43. The third kappa shape index (κ3) is 5.82. The molecule has 0 aromatic heterocycles. The third-order valence-corrected chi connectivity index (χ3v) is 6.77. The molecule has 186 valence electrons. The van der Waals surface area contributed by atoms with Crippen LogP contribution in [-0.2, 0) is 19.1 Å². The highest BCUT2D eigenvalue weighted by molar-refractivity contribution is 5.79. The normalized spacial score (nSPS) is 19.6. The Labute approximate surface area is 205 Å². The number of hydrogen-bond acceptors (Lipinski definition) is 5. The molecular formula is C27H32N2O6. The van der Waals surface area contributed by atoms with Gasteiger partial charge in [-0.25, -0.2) is 9.59 Å². The first-order valence-electron chi connectivity index (χ1n) is 12.1. The highest BCUT2D eigenvalue weighted by Crippen LogP contribution is 2.44. The molecule has 1 saturated heterocycles. The van der Waals surface area contributed by atoms with Crippen LogP contribution in [0.2, 0.25) is 0 Å². The summed E-state index contributed by atoms with van der Waals surface area (Å²) in [7, 11) is 0. The van der Waals surface area contributed by atoms with Crippen molar-refractivity contribution in [2.24, 2.45) is 5.92 Å². The Balaban J connectivity index is 1.28. The van der Waals surface area contributed by atoms with Gasteiger partial charge in [-0.05, 0) is 41.0 Å². The molecule has 2 aromatic rings. The molecule has 3 N–H and O–H groups in total. The van der Waals surface area contributed by atoms with Crippen LogP contribution < -0.4 is 10.6 Å². The van der Waals surface area contributed by atoms with Crippen LogP contribution in [-0.4, -0.2) is 54.5 Å². The maximum Gasteiger partial charge on any atom is 0.407 e. The molecule has 2 aromatic carbocycles. The largest absolute Gasteiger partial charge is 0.479 e. The van der Waals surface area contributed by atoms with Crippen molar-refractivity contribution >= 4 is 18.0 Å². The minimum Gasteiger partial charge on any atom is -0.479 e. The zero-order valence-corrected chi connectivity index (χ0v) is 20.0. The first kappa shape index (κ1) is 24.7. The average Bonchev–Trinajstić information content (AvgIpc) is 3.44. The number of carbonyl (C=O) groups is 3.